The van der Waals surface area contributed by atoms with Gasteiger partial charge in [-0.3, -0.25) is 0 Å². The Balaban J connectivity index is 1.49. The van der Waals surface area contributed by atoms with E-state index in [1.54, 1.807) is 6.07 Å². The van der Waals surface area contributed by atoms with Crippen LogP contribution in [0.4, 0.5) is 11.5 Å². The summed E-state index contributed by atoms with van der Waals surface area (Å²) < 4.78 is 25.4. The second-order valence-electron chi connectivity index (χ2n) is 7.38. The molecule has 7 heteroatoms. The number of nitrogens with one attached hydrogen (secondary N) is 2. The minimum absolute atomic E-state index is 0.361. The van der Waals surface area contributed by atoms with Gasteiger partial charge in [0.05, 0.1) is 10.4 Å². The van der Waals surface area contributed by atoms with Crippen molar-refractivity contribution in [1.82, 2.24) is 15.0 Å². The number of hydrogen-bond acceptors (Lipinski definition) is 5. The lowest BCUT2D eigenvalue weighted by molar-refractivity contribution is 0.605. The first-order chi connectivity index (χ1) is 13.6. The van der Waals surface area contributed by atoms with Gasteiger partial charge in [-0.1, -0.05) is 6.07 Å². The lowest BCUT2D eigenvalue weighted by Gasteiger charge is -2.11. The molecule has 0 saturated heterocycles. The summed E-state index contributed by atoms with van der Waals surface area (Å²) in [5.41, 5.74) is 4.36. The van der Waals surface area contributed by atoms with E-state index in [-0.39, 0.29) is 0 Å². The zero-order chi connectivity index (χ0) is 18.9. The molecule has 4 aromatic rings. The zero-order valence-corrected chi connectivity index (χ0v) is 15.6. The predicted molar refractivity (Wildman–Crippen MR) is 109 cm³/mol. The summed E-state index contributed by atoms with van der Waals surface area (Å²) in [4.78, 5) is 12.3. The van der Waals surface area contributed by atoms with Crippen molar-refractivity contribution in [3.8, 4) is 0 Å². The lowest BCUT2D eigenvalue weighted by atomic mass is 10.0. The van der Waals surface area contributed by atoms with Crippen molar-refractivity contribution in [3.63, 3.8) is 0 Å². The molecule has 0 spiro atoms. The molecule has 0 bridgehead atoms. The highest BCUT2D eigenvalue weighted by molar-refractivity contribution is 7.95. The van der Waals surface area contributed by atoms with E-state index in [0.29, 0.717) is 22.0 Å². The van der Waals surface area contributed by atoms with Gasteiger partial charge in [-0.15, -0.1) is 0 Å². The highest BCUT2D eigenvalue weighted by Crippen LogP contribution is 2.48. The minimum atomic E-state index is -3.41. The fraction of sp³-hybridized carbons (Fsp3) is 0.143. The molecule has 2 N–H and O–H groups in total. The van der Waals surface area contributed by atoms with Gasteiger partial charge in [0.2, 0.25) is 9.84 Å². The molecular formula is C21H16N4O2S. The molecule has 1 fully saturated rings. The Hall–Kier alpha value is -3.19. The summed E-state index contributed by atoms with van der Waals surface area (Å²) in [5.74, 6) is 0.953. The fourth-order valence-corrected chi connectivity index (χ4v) is 5.46. The summed E-state index contributed by atoms with van der Waals surface area (Å²) in [6, 6.07) is 11.6. The van der Waals surface area contributed by atoms with E-state index in [9.17, 15) is 8.42 Å². The minimum Gasteiger partial charge on any atom is -0.361 e. The molecule has 0 amide bonds. The van der Waals surface area contributed by atoms with Crippen molar-refractivity contribution in [2.24, 2.45) is 5.92 Å². The number of nitrogens with zero attached hydrogens (tertiary/aromatic N) is 2. The van der Waals surface area contributed by atoms with Crippen LogP contribution < -0.4 is 5.32 Å². The summed E-state index contributed by atoms with van der Waals surface area (Å²) in [5, 5.41) is 6.57. The highest BCUT2D eigenvalue weighted by atomic mass is 32.2. The zero-order valence-electron chi connectivity index (χ0n) is 14.8. The molecular weight excluding hydrogens is 372 g/mol. The van der Waals surface area contributed by atoms with Crippen molar-refractivity contribution >= 4 is 48.7 Å². The van der Waals surface area contributed by atoms with Crippen molar-refractivity contribution in [2.45, 2.75) is 17.7 Å². The molecule has 1 aliphatic carbocycles. The van der Waals surface area contributed by atoms with Crippen LogP contribution in [0.1, 0.15) is 18.4 Å². The Morgan fingerprint density at radius 2 is 1.96 bits per heavy atom. The number of aromatic amines is 1. The standard InChI is InChI=1S/C21H16N4O2S/c26-28(27)10-17(12-1-2-12)15-8-19-16(9-20(15)28)21(24-11-23-19)25-14-4-3-13-5-6-22-18(13)7-14/h3-12,22H,1-2H2,(H,23,24,25). The number of rotatable bonds is 3. The van der Waals surface area contributed by atoms with Gasteiger partial charge in [-0.2, -0.15) is 0 Å². The smallest absolute Gasteiger partial charge is 0.200 e. The Morgan fingerprint density at radius 1 is 1.07 bits per heavy atom. The van der Waals surface area contributed by atoms with Gasteiger partial charge in [0, 0.05) is 28.2 Å². The molecule has 28 heavy (non-hydrogen) atoms. The van der Waals surface area contributed by atoms with E-state index in [2.05, 4.69) is 20.3 Å². The quantitative estimate of drug-likeness (QED) is 0.543. The van der Waals surface area contributed by atoms with Gasteiger partial charge in [0.1, 0.15) is 12.1 Å². The van der Waals surface area contributed by atoms with Crippen LogP contribution in [0.5, 0.6) is 0 Å². The van der Waals surface area contributed by atoms with Gasteiger partial charge in [0.25, 0.3) is 0 Å². The third-order valence-electron chi connectivity index (χ3n) is 5.47. The number of anilines is 2. The average Bonchev–Trinajstić information content (AvgIpc) is 3.36. The Labute approximate surface area is 161 Å². The Morgan fingerprint density at radius 3 is 2.82 bits per heavy atom. The molecule has 6 rings (SSSR count). The number of hydrogen-bond donors (Lipinski definition) is 2. The van der Waals surface area contributed by atoms with Gasteiger partial charge >= 0.3 is 0 Å². The maximum Gasteiger partial charge on any atom is 0.200 e. The van der Waals surface area contributed by atoms with Crippen LogP contribution in [-0.2, 0) is 9.84 Å². The first kappa shape index (κ1) is 15.8. The van der Waals surface area contributed by atoms with Crippen molar-refractivity contribution in [1.29, 1.82) is 0 Å². The molecule has 6 nitrogen and oxygen atoms in total. The first-order valence-corrected chi connectivity index (χ1v) is 10.7. The molecule has 1 aliphatic heterocycles. The van der Waals surface area contributed by atoms with Crippen molar-refractivity contribution in [2.75, 3.05) is 5.32 Å². The van der Waals surface area contributed by atoms with Crippen molar-refractivity contribution < 1.29 is 8.42 Å². The SMILES string of the molecule is O=S1(=O)C=C(C2CC2)c2cc3ncnc(Nc4ccc5cc[nH]c5c4)c3cc21. The van der Waals surface area contributed by atoms with Crippen LogP contribution in [0.3, 0.4) is 0 Å². The van der Waals surface area contributed by atoms with Gasteiger partial charge in [-0.25, -0.2) is 18.4 Å². The molecule has 2 aromatic heterocycles. The van der Waals surface area contributed by atoms with Crippen LogP contribution in [0.15, 0.2) is 59.2 Å². The maximum absolute atomic E-state index is 12.7. The Bertz CT molecular complexity index is 1420. The van der Waals surface area contributed by atoms with E-state index >= 15 is 0 Å². The number of aromatic nitrogens is 3. The molecule has 0 unspecified atom stereocenters. The molecule has 0 atom stereocenters. The molecule has 3 heterocycles. The number of sulfone groups is 1. The van der Waals surface area contributed by atoms with Crippen LogP contribution in [0.2, 0.25) is 0 Å². The van der Waals surface area contributed by atoms with Crippen LogP contribution in [0, 0.1) is 5.92 Å². The average molecular weight is 388 g/mol. The molecule has 2 aliphatic rings. The predicted octanol–water partition coefficient (Wildman–Crippen LogP) is 4.39. The normalized spacial score (nSPS) is 17.6. The molecule has 0 radical (unpaired) electrons. The van der Waals surface area contributed by atoms with Crippen LogP contribution >= 0.6 is 0 Å². The summed E-state index contributed by atoms with van der Waals surface area (Å²) >= 11 is 0. The fourth-order valence-electron chi connectivity index (χ4n) is 3.91. The topological polar surface area (TPSA) is 87.7 Å². The van der Waals surface area contributed by atoms with E-state index in [1.807, 2.05) is 36.5 Å². The van der Waals surface area contributed by atoms with Crippen LogP contribution in [-0.4, -0.2) is 23.4 Å². The van der Waals surface area contributed by atoms with Gasteiger partial charge < -0.3 is 10.3 Å². The van der Waals surface area contributed by atoms with Gasteiger partial charge in [-0.05, 0) is 65.6 Å². The Kier molecular flexibility index (Phi) is 3.06. The highest BCUT2D eigenvalue weighted by Gasteiger charge is 2.36. The summed E-state index contributed by atoms with van der Waals surface area (Å²) in [7, 11) is -3.41. The molecule has 138 valence electrons. The van der Waals surface area contributed by atoms with E-state index in [0.717, 1.165) is 46.1 Å². The second-order valence-corrected chi connectivity index (χ2v) is 9.15. The van der Waals surface area contributed by atoms with E-state index in [1.165, 1.54) is 11.7 Å². The summed E-state index contributed by atoms with van der Waals surface area (Å²) in [6.07, 6.45) is 5.51. The van der Waals surface area contributed by atoms with E-state index < -0.39 is 9.84 Å². The number of fused-ring (bicyclic) bond motifs is 3. The summed E-state index contributed by atoms with van der Waals surface area (Å²) in [6.45, 7) is 0. The van der Waals surface area contributed by atoms with Crippen LogP contribution in [0.25, 0.3) is 27.4 Å². The van der Waals surface area contributed by atoms with E-state index in [4.69, 9.17) is 0 Å². The first-order valence-electron chi connectivity index (χ1n) is 9.18. The number of benzene rings is 2. The molecule has 2 aromatic carbocycles. The second kappa shape index (κ2) is 5.42. The third-order valence-corrected chi connectivity index (χ3v) is 6.99. The third kappa shape index (κ3) is 2.36. The van der Waals surface area contributed by atoms with Gasteiger partial charge in [0.15, 0.2) is 0 Å². The largest absolute Gasteiger partial charge is 0.361 e. The maximum atomic E-state index is 12.7. The van der Waals surface area contributed by atoms with Crippen molar-refractivity contribution in [3.05, 3.63) is 59.9 Å². The molecule has 1 saturated carbocycles. The monoisotopic (exact) mass is 388 g/mol. The number of H-pyrrole nitrogens is 1. The number of allylic oxidation sites excluding steroid dienone is 1. The lowest BCUT2D eigenvalue weighted by Crippen LogP contribution is -1.99.